The van der Waals surface area contributed by atoms with Gasteiger partial charge in [0.2, 0.25) is 0 Å². The maximum atomic E-state index is 12.0. The maximum absolute atomic E-state index is 12.0. The Kier molecular flexibility index (Phi) is 4.13. The van der Waals surface area contributed by atoms with Gasteiger partial charge < -0.3 is 0 Å². The fraction of sp³-hybridized carbons (Fsp3) is 0.900. The summed E-state index contributed by atoms with van der Waals surface area (Å²) in [5.41, 5.74) is 0. The van der Waals surface area contributed by atoms with Crippen LogP contribution < -0.4 is 0 Å². The third-order valence-electron chi connectivity index (χ3n) is 2.77. The van der Waals surface area contributed by atoms with Gasteiger partial charge in [-0.3, -0.25) is 9.69 Å². The molecule has 1 saturated heterocycles. The molecule has 0 aromatic rings. The van der Waals surface area contributed by atoms with Gasteiger partial charge in [-0.25, -0.2) is 0 Å². The molecule has 0 spiro atoms. The van der Waals surface area contributed by atoms with Crippen molar-refractivity contribution in [3.63, 3.8) is 0 Å². The molecule has 5 heteroatoms. The molecule has 0 amide bonds. The van der Waals surface area contributed by atoms with Crippen LogP contribution in [0.3, 0.4) is 0 Å². The molecule has 88 valence electrons. The minimum Gasteiger partial charge on any atom is -0.298 e. The van der Waals surface area contributed by atoms with Crippen LogP contribution in [0.15, 0.2) is 0 Å². The van der Waals surface area contributed by atoms with Crippen molar-refractivity contribution in [3.05, 3.63) is 0 Å². The summed E-state index contributed by atoms with van der Waals surface area (Å²) >= 11 is 0. The van der Waals surface area contributed by atoms with E-state index in [9.17, 15) is 18.0 Å². The molecule has 0 aliphatic carbocycles. The van der Waals surface area contributed by atoms with Gasteiger partial charge in [0.1, 0.15) is 5.78 Å². The molecule has 0 aromatic heterocycles. The van der Waals surface area contributed by atoms with Crippen LogP contribution in [0.2, 0.25) is 0 Å². The zero-order valence-electron chi connectivity index (χ0n) is 8.81. The zero-order chi connectivity index (χ0) is 11.5. The number of carbonyl (C=O) groups excluding carboxylic acids is 1. The number of hydrogen-bond donors (Lipinski definition) is 0. The van der Waals surface area contributed by atoms with E-state index in [1.54, 1.807) is 4.90 Å². The SMILES string of the molecule is CC(=O)C1CCCCN1CCC(F)(F)F. The van der Waals surface area contributed by atoms with Gasteiger partial charge in [0.15, 0.2) is 0 Å². The highest BCUT2D eigenvalue weighted by Gasteiger charge is 2.31. The van der Waals surface area contributed by atoms with Crippen molar-refractivity contribution in [2.24, 2.45) is 0 Å². The highest BCUT2D eigenvalue weighted by Crippen LogP contribution is 2.23. The van der Waals surface area contributed by atoms with Crippen molar-refractivity contribution in [2.45, 2.75) is 44.8 Å². The molecule has 15 heavy (non-hydrogen) atoms. The van der Waals surface area contributed by atoms with E-state index in [4.69, 9.17) is 0 Å². The van der Waals surface area contributed by atoms with Crippen LogP contribution in [-0.4, -0.2) is 36.0 Å². The van der Waals surface area contributed by atoms with Crippen LogP contribution in [0.1, 0.15) is 32.6 Å². The minimum absolute atomic E-state index is 0.0168. The van der Waals surface area contributed by atoms with Crippen molar-refractivity contribution in [2.75, 3.05) is 13.1 Å². The molecular weight excluding hydrogens is 207 g/mol. The highest BCUT2D eigenvalue weighted by molar-refractivity contribution is 5.81. The van der Waals surface area contributed by atoms with Crippen molar-refractivity contribution >= 4 is 5.78 Å². The minimum atomic E-state index is -4.13. The largest absolute Gasteiger partial charge is 0.390 e. The Hall–Kier alpha value is -0.580. The number of hydrogen-bond acceptors (Lipinski definition) is 2. The standard InChI is InChI=1S/C10H16F3NO/c1-8(15)9-4-2-3-6-14(9)7-5-10(11,12)13/h9H,2-7H2,1H3. The van der Waals surface area contributed by atoms with Crippen LogP contribution in [0.25, 0.3) is 0 Å². The summed E-state index contributed by atoms with van der Waals surface area (Å²) in [4.78, 5) is 12.9. The van der Waals surface area contributed by atoms with Gasteiger partial charge >= 0.3 is 6.18 Å². The Morgan fingerprint density at radius 3 is 2.60 bits per heavy atom. The van der Waals surface area contributed by atoms with E-state index >= 15 is 0 Å². The van der Waals surface area contributed by atoms with Crippen LogP contribution in [0.4, 0.5) is 13.2 Å². The summed E-state index contributed by atoms with van der Waals surface area (Å²) in [7, 11) is 0. The van der Waals surface area contributed by atoms with E-state index in [-0.39, 0.29) is 18.4 Å². The Morgan fingerprint density at radius 1 is 1.40 bits per heavy atom. The second kappa shape index (κ2) is 4.96. The van der Waals surface area contributed by atoms with Crippen LogP contribution in [0.5, 0.6) is 0 Å². The molecule has 1 aliphatic heterocycles. The van der Waals surface area contributed by atoms with Crippen molar-refractivity contribution in [3.8, 4) is 0 Å². The summed E-state index contributed by atoms with van der Waals surface area (Å²) < 4.78 is 36.1. The average Bonchev–Trinajstić information content (AvgIpc) is 2.14. The van der Waals surface area contributed by atoms with Crippen LogP contribution in [-0.2, 0) is 4.79 Å². The molecule has 1 rings (SSSR count). The maximum Gasteiger partial charge on any atom is 0.390 e. The van der Waals surface area contributed by atoms with Crippen molar-refractivity contribution in [1.82, 2.24) is 4.90 Å². The van der Waals surface area contributed by atoms with E-state index < -0.39 is 12.6 Å². The molecule has 1 fully saturated rings. The number of carbonyl (C=O) groups is 1. The van der Waals surface area contributed by atoms with Gasteiger partial charge in [-0.05, 0) is 26.3 Å². The number of piperidine rings is 1. The number of nitrogens with zero attached hydrogens (tertiary/aromatic N) is 1. The quantitative estimate of drug-likeness (QED) is 0.732. The Labute approximate surface area is 87.4 Å². The van der Waals surface area contributed by atoms with E-state index in [1.165, 1.54) is 6.92 Å². The second-order valence-electron chi connectivity index (χ2n) is 4.02. The fourth-order valence-electron chi connectivity index (χ4n) is 1.99. The molecule has 1 aliphatic rings. The molecule has 0 radical (unpaired) electrons. The van der Waals surface area contributed by atoms with Gasteiger partial charge in [-0.1, -0.05) is 6.42 Å². The van der Waals surface area contributed by atoms with Gasteiger partial charge in [-0.15, -0.1) is 0 Å². The number of Topliss-reactive ketones (excluding diaryl/α,β-unsaturated/α-hetero) is 1. The van der Waals surface area contributed by atoms with Gasteiger partial charge in [0, 0.05) is 6.54 Å². The average molecular weight is 223 g/mol. The summed E-state index contributed by atoms with van der Waals surface area (Å²) in [6, 6.07) is -0.291. The smallest absolute Gasteiger partial charge is 0.298 e. The van der Waals surface area contributed by atoms with Gasteiger partial charge in [0.05, 0.1) is 12.5 Å². The molecule has 2 nitrogen and oxygen atoms in total. The molecule has 1 atom stereocenters. The molecule has 1 unspecified atom stereocenters. The molecule has 0 bridgehead atoms. The van der Waals surface area contributed by atoms with E-state index in [0.29, 0.717) is 13.0 Å². The Bertz CT molecular complexity index is 227. The molecule has 1 heterocycles. The number of likely N-dealkylation sites (tertiary alicyclic amines) is 1. The van der Waals surface area contributed by atoms with Crippen LogP contribution >= 0.6 is 0 Å². The van der Waals surface area contributed by atoms with E-state index in [0.717, 1.165) is 12.8 Å². The first kappa shape index (κ1) is 12.5. The first-order chi connectivity index (χ1) is 6.90. The fourth-order valence-corrected chi connectivity index (χ4v) is 1.99. The predicted molar refractivity (Wildman–Crippen MR) is 50.6 cm³/mol. The lowest BCUT2D eigenvalue weighted by Crippen LogP contribution is -2.45. The van der Waals surface area contributed by atoms with Gasteiger partial charge in [-0.2, -0.15) is 13.2 Å². The molecular formula is C10H16F3NO. The number of halogens is 3. The monoisotopic (exact) mass is 223 g/mol. The second-order valence-corrected chi connectivity index (χ2v) is 4.02. The zero-order valence-corrected chi connectivity index (χ0v) is 8.81. The third kappa shape index (κ3) is 4.20. The lowest BCUT2D eigenvalue weighted by Gasteiger charge is -2.34. The van der Waals surface area contributed by atoms with Crippen molar-refractivity contribution < 1.29 is 18.0 Å². The highest BCUT2D eigenvalue weighted by atomic mass is 19.4. The van der Waals surface area contributed by atoms with Crippen LogP contribution in [0, 0.1) is 0 Å². The summed E-state index contributed by atoms with van der Waals surface area (Å²) in [5.74, 6) is -0.0168. The first-order valence-corrected chi connectivity index (χ1v) is 5.21. The summed E-state index contributed by atoms with van der Waals surface area (Å²) in [6.45, 7) is 2.02. The number of ketones is 1. The topological polar surface area (TPSA) is 20.3 Å². The number of alkyl halides is 3. The summed E-state index contributed by atoms with van der Waals surface area (Å²) in [6.07, 6.45) is -2.42. The normalized spacial score (nSPS) is 24.1. The third-order valence-corrected chi connectivity index (χ3v) is 2.77. The molecule has 0 saturated carbocycles. The van der Waals surface area contributed by atoms with Crippen molar-refractivity contribution in [1.29, 1.82) is 0 Å². The summed E-state index contributed by atoms with van der Waals surface area (Å²) in [5, 5.41) is 0. The molecule has 0 N–H and O–H groups in total. The van der Waals surface area contributed by atoms with E-state index in [2.05, 4.69) is 0 Å². The number of rotatable bonds is 3. The lowest BCUT2D eigenvalue weighted by atomic mass is 9.99. The Balaban J connectivity index is 2.46. The molecule has 0 aromatic carbocycles. The van der Waals surface area contributed by atoms with Gasteiger partial charge in [0.25, 0.3) is 0 Å². The Morgan fingerprint density at radius 2 is 2.07 bits per heavy atom. The lowest BCUT2D eigenvalue weighted by molar-refractivity contribution is -0.142. The first-order valence-electron chi connectivity index (χ1n) is 5.21. The van der Waals surface area contributed by atoms with E-state index in [1.807, 2.05) is 0 Å². The predicted octanol–water partition coefficient (Wildman–Crippen LogP) is 2.38.